The number of nitrogens with zero attached hydrogens (tertiary/aromatic N) is 1. The Morgan fingerprint density at radius 2 is 1.81 bits per heavy atom. The van der Waals surface area contributed by atoms with Crippen molar-refractivity contribution in [2.24, 2.45) is 7.05 Å². The number of nitrogen functional groups attached to an aromatic ring is 1. The first-order chi connectivity index (χ1) is 12.4. The number of ketones is 1. The molecule has 0 atom stereocenters. The van der Waals surface area contributed by atoms with Gasteiger partial charge in [0.25, 0.3) is 5.56 Å². The predicted octanol–water partition coefficient (Wildman–Crippen LogP) is 3.02. The minimum absolute atomic E-state index is 0.246. The maximum Gasteiger partial charge on any atom is 0.265 e. The van der Waals surface area contributed by atoms with E-state index in [0.717, 1.165) is 5.69 Å². The molecule has 26 heavy (non-hydrogen) atoms. The lowest BCUT2D eigenvalue weighted by molar-refractivity contribution is 0.104. The normalized spacial score (nSPS) is 11.5. The minimum atomic E-state index is -0.561. The number of hydrogen-bond acceptors (Lipinski definition) is 5. The summed E-state index contributed by atoms with van der Waals surface area (Å²) in [4.78, 5) is 25.2. The number of nitrogens with two attached hydrogens (primary N) is 1. The van der Waals surface area contributed by atoms with Crippen LogP contribution < -0.4 is 16.6 Å². The molecule has 2 aromatic carbocycles. The molecule has 0 fully saturated rings. The van der Waals surface area contributed by atoms with Crippen LogP contribution in [0.3, 0.4) is 0 Å². The molecule has 0 spiro atoms. The third-order valence-electron chi connectivity index (χ3n) is 4.12. The lowest BCUT2D eigenvalue weighted by Crippen LogP contribution is -2.24. The highest BCUT2D eigenvalue weighted by Gasteiger charge is 2.19. The maximum absolute atomic E-state index is 12.6. The van der Waals surface area contributed by atoms with Crippen molar-refractivity contribution in [3.63, 3.8) is 0 Å². The van der Waals surface area contributed by atoms with E-state index in [1.165, 1.54) is 10.6 Å². The molecule has 6 heteroatoms. The van der Waals surface area contributed by atoms with E-state index >= 15 is 0 Å². The number of anilines is 2. The summed E-state index contributed by atoms with van der Waals surface area (Å²) in [6.45, 7) is 1.71. The fraction of sp³-hybridized carbons (Fsp3) is 0.100. The standard InChI is InChI=1S/C20H19N3O3/c1-12(22-14-9-7-13(21)8-10-14)11-17(24)18-19(25)15-5-3-4-6-16(15)23(2)20(18)26/h3-11,22,25H,21H2,1-2H3. The van der Waals surface area contributed by atoms with Gasteiger partial charge in [0.05, 0.1) is 5.52 Å². The molecule has 132 valence electrons. The average molecular weight is 349 g/mol. The summed E-state index contributed by atoms with van der Waals surface area (Å²) in [6.07, 6.45) is 1.29. The molecule has 3 aromatic rings. The van der Waals surface area contributed by atoms with Gasteiger partial charge in [-0.2, -0.15) is 0 Å². The molecule has 0 amide bonds. The average Bonchev–Trinajstić information content (AvgIpc) is 2.62. The lowest BCUT2D eigenvalue weighted by Gasteiger charge is -2.11. The molecule has 0 saturated carbocycles. The molecule has 1 heterocycles. The van der Waals surface area contributed by atoms with E-state index in [2.05, 4.69) is 5.32 Å². The fourth-order valence-corrected chi connectivity index (χ4v) is 2.80. The summed E-state index contributed by atoms with van der Waals surface area (Å²) in [7, 11) is 1.57. The third-order valence-corrected chi connectivity index (χ3v) is 4.12. The smallest absolute Gasteiger partial charge is 0.265 e. The van der Waals surface area contributed by atoms with Crippen LogP contribution in [0.25, 0.3) is 10.9 Å². The number of carbonyl (C=O) groups excluding carboxylic acids is 1. The van der Waals surface area contributed by atoms with Gasteiger partial charge in [0, 0.05) is 35.6 Å². The van der Waals surface area contributed by atoms with Crippen molar-refractivity contribution in [3.8, 4) is 5.75 Å². The van der Waals surface area contributed by atoms with E-state index in [4.69, 9.17) is 5.73 Å². The number of rotatable bonds is 4. The Morgan fingerprint density at radius 3 is 2.50 bits per heavy atom. The second-order valence-electron chi connectivity index (χ2n) is 6.04. The summed E-state index contributed by atoms with van der Waals surface area (Å²) < 4.78 is 1.36. The van der Waals surface area contributed by atoms with Crippen molar-refractivity contribution in [2.75, 3.05) is 11.1 Å². The SMILES string of the molecule is CC(=CC(=O)c1c(O)c2ccccc2n(C)c1=O)Nc1ccc(N)cc1. The van der Waals surface area contributed by atoms with E-state index in [1.54, 1.807) is 62.5 Å². The van der Waals surface area contributed by atoms with Crippen molar-refractivity contribution in [1.29, 1.82) is 0 Å². The van der Waals surface area contributed by atoms with Crippen LogP contribution in [0.5, 0.6) is 5.75 Å². The number of aromatic nitrogens is 1. The number of carbonyl (C=O) groups is 1. The van der Waals surface area contributed by atoms with E-state index < -0.39 is 11.3 Å². The van der Waals surface area contributed by atoms with Crippen LogP contribution >= 0.6 is 0 Å². The number of fused-ring (bicyclic) bond motifs is 1. The molecule has 1 aromatic heterocycles. The van der Waals surface area contributed by atoms with Crippen LogP contribution in [0.4, 0.5) is 11.4 Å². The van der Waals surface area contributed by atoms with Gasteiger partial charge < -0.3 is 20.7 Å². The van der Waals surface area contributed by atoms with Crippen molar-refractivity contribution < 1.29 is 9.90 Å². The van der Waals surface area contributed by atoms with Gasteiger partial charge in [-0.3, -0.25) is 9.59 Å². The zero-order valence-electron chi connectivity index (χ0n) is 14.5. The monoisotopic (exact) mass is 349 g/mol. The molecule has 0 bridgehead atoms. The van der Waals surface area contributed by atoms with E-state index in [0.29, 0.717) is 22.3 Å². The first-order valence-electron chi connectivity index (χ1n) is 8.04. The van der Waals surface area contributed by atoms with Crippen LogP contribution in [0.15, 0.2) is 65.1 Å². The Balaban J connectivity index is 1.99. The summed E-state index contributed by atoms with van der Waals surface area (Å²) in [5.74, 6) is -0.862. The van der Waals surface area contributed by atoms with E-state index in [9.17, 15) is 14.7 Å². The number of para-hydroxylation sites is 1. The molecule has 4 N–H and O–H groups in total. The Kier molecular flexibility index (Phi) is 4.49. The first kappa shape index (κ1) is 17.3. The van der Waals surface area contributed by atoms with Gasteiger partial charge in [-0.05, 0) is 43.3 Å². The van der Waals surface area contributed by atoms with E-state index in [1.807, 2.05) is 0 Å². The summed E-state index contributed by atoms with van der Waals surface area (Å²) in [6, 6.07) is 13.9. The van der Waals surface area contributed by atoms with Crippen LogP contribution in [-0.4, -0.2) is 15.5 Å². The topological polar surface area (TPSA) is 97.3 Å². The number of benzene rings is 2. The molecular formula is C20H19N3O3. The van der Waals surface area contributed by atoms with Gasteiger partial charge in [0.15, 0.2) is 5.78 Å². The molecular weight excluding hydrogens is 330 g/mol. The molecule has 0 aliphatic heterocycles. The van der Waals surface area contributed by atoms with Gasteiger partial charge in [0.2, 0.25) is 0 Å². The number of aromatic hydroxyl groups is 1. The zero-order valence-corrected chi connectivity index (χ0v) is 14.5. The quantitative estimate of drug-likeness (QED) is 0.382. The molecule has 0 aliphatic carbocycles. The summed E-state index contributed by atoms with van der Waals surface area (Å²) in [5, 5.41) is 14.0. The number of nitrogens with one attached hydrogen (secondary N) is 1. The van der Waals surface area contributed by atoms with Crippen LogP contribution in [-0.2, 0) is 7.05 Å². The number of pyridine rings is 1. The van der Waals surface area contributed by atoms with Crippen molar-refractivity contribution in [1.82, 2.24) is 4.57 Å². The Hall–Kier alpha value is -3.54. The lowest BCUT2D eigenvalue weighted by atomic mass is 10.1. The molecule has 0 aliphatic rings. The van der Waals surface area contributed by atoms with Gasteiger partial charge in [0.1, 0.15) is 11.3 Å². The van der Waals surface area contributed by atoms with Crippen molar-refractivity contribution in [2.45, 2.75) is 6.92 Å². The molecule has 3 rings (SSSR count). The Bertz CT molecular complexity index is 1080. The van der Waals surface area contributed by atoms with Gasteiger partial charge >= 0.3 is 0 Å². The molecule has 0 radical (unpaired) electrons. The second kappa shape index (κ2) is 6.76. The number of hydrogen-bond donors (Lipinski definition) is 3. The first-order valence-corrected chi connectivity index (χ1v) is 8.04. The Labute approximate surface area is 150 Å². The second-order valence-corrected chi connectivity index (χ2v) is 6.04. The summed E-state index contributed by atoms with van der Waals surface area (Å²) >= 11 is 0. The Morgan fingerprint density at radius 1 is 1.15 bits per heavy atom. The molecule has 0 unspecified atom stereocenters. The molecule has 6 nitrogen and oxygen atoms in total. The van der Waals surface area contributed by atoms with Gasteiger partial charge in [-0.1, -0.05) is 12.1 Å². The number of allylic oxidation sites excluding steroid dienone is 2. The van der Waals surface area contributed by atoms with Gasteiger partial charge in [-0.25, -0.2) is 0 Å². The third kappa shape index (κ3) is 3.17. The molecule has 0 saturated heterocycles. The fourth-order valence-electron chi connectivity index (χ4n) is 2.80. The highest BCUT2D eigenvalue weighted by atomic mass is 16.3. The number of aryl methyl sites for hydroxylation is 1. The van der Waals surface area contributed by atoms with Crippen LogP contribution in [0, 0.1) is 0 Å². The predicted molar refractivity (Wildman–Crippen MR) is 103 cm³/mol. The maximum atomic E-state index is 12.6. The van der Waals surface area contributed by atoms with Crippen LogP contribution in [0.2, 0.25) is 0 Å². The van der Waals surface area contributed by atoms with Crippen LogP contribution in [0.1, 0.15) is 17.3 Å². The largest absolute Gasteiger partial charge is 0.506 e. The van der Waals surface area contributed by atoms with Crippen molar-refractivity contribution in [3.05, 3.63) is 76.2 Å². The summed E-state index contributed by atoms with van der Waals surface area (Å²) in [5.41, 5.74) is 7.36. The minimum Gasteiger partial charge on any atom is -0.506 e. The van der Waals surface area contributed by atoms with Gasteiger partial charge in [-0.15, -0.1) is 0 Å². The zero-order chi connectivity index (χ0) is 18.8. The van der Waals surface area contributed by atoms with E-state index in [-0.39, 0.29) is 11.3 Å². The highest BCUT2D eigenvalue weighted by Crippen LogP contribution is 2.26. The highest BCUT2D eigenvalue weighted by molar-refractivity contribution is 6.09. The van der Waals surface area contributed by atoms with Crippen molar-refractivity contribution >= 4 is 28.1 Å².